The van der Waals surface area contributed by atoms with Gasteiger partial charge in [-0.05, 0) is 19.3 Å². The summed E-state index contributed by atoms with van der Waals surface area (Å²) in [7, 11) is 0. The van der Waals surface area contributed by atoms with E-state index in [1.54, 1.807) is 6.08 Å². The van der Waals surface area contributed by atoms with Gasteiger partial charge in [0.15, 0.2) is 0 Å². The van der Waals surface area contributed by atoms with Gasteiger partial charge < -0.3 is 15.2 Å². The highest BCUT2D eigenvalue weighted by Crippen LogP contribution is 2.30. The summed E-state index contributed by atoms with van der Waals surface area (Å²) in [5.41, 5.74) is -0.620. The van der Waals surface area contributed by atoms with Crippen LogP contribution in [0.1, 0.15) is 45.4 Å². The molecule has 3 amide bonds. The molecule has 7 heteroatoms. The van der Waals surface area contributed by atoms with Gasteiger partial charge in [-0.3, -0.25) is 4.90 Å². The van der Waals surface area contributed by atoms with Crippen molar-refractivity contribution in [2.24, 2.45) is 0 Å². The van der Waals surface area contributed by atoms with Crippen LogP contribution >= 0.6 is 0 Å². The molecule has 0 aromatic carbocycles. The highest BCUT2D eigenvalue weighted by atomic mass is 16.6. The third kappa shape index (κ3) is 4.48. The van der Waals surface area contributed by atoms with E-state index in [-0.39, 0.29) is 6.61 Å². The predicted octanol–water partition coefficient (Wildman–Crippen LogP) is 2.07. The minimum absolute atomic E-state index is 0.175. The Morgan fingerprint density at radius 2 is 2.17 bits per heavy atom. The maximum absolute atomic E-state index is 12.2. The van der Waals surface area contributed by atoms with Crippen LogP contribution in [-0.4, -0.2) is 65.0 Å². The number of aliphatic hydroxyl groups is 1. The summed E-state index contributed by atoms with van der Waals surface area (Å²) in [5.74, 6) is 0. The van der Waals surface area contributed by atoms with Crippen LogP contribution in [0.25, 0.3) is 0 Å². The van der Waals surface area contributed by atoms with Crippen molar-refractivity contribution in [3.05, 3.63) is 12.7 Å². The Kier molecular flexibility index (Phi) is 6.62. The van der Waals surface area contributed by atoms with E-state index in [2.05, 4.69) is 18.8 Å². The SMILES string of the molecule is C=CCNC(=O)N1C(=O)OCC1N1CCC(O)(CCCCC)CC1. The number of ether oxygens (including phenoxy) is 1. The molecule has 2 aliphatic rings. The van der Waals surface area contributed by atoms with Gasteiger partial charge in [0.1, 0.15) is 12.8 Å². The van der Waals surface area contributed by atoms with Gasteiger partial charge >= 0.3 is 12.1 Å². The molecule has 2 fully saturated rings. The standard InChI is InChI=1S/C17H29N3O4/c1-3-5-6-7-17(23)8-11-19(12-9-17)14-13-24-16(22)20(14)15(21)18-10-4-2/h4,14,23H,2-3,5-13H2,1H3,(H,18,21). The maximum atomic E-state index is 12.2. The molecule has 0 aromatic heterocycles. The van der Waals surface area contributed by atoms with Gasteiger partial charge in [0.05, 0.1) is 5.60 Å². The van der Waals surface area contributed by atoms with Crippen LogP contribution in [0.4, 0.5) is 9.59 Å². The second-order valence-electron chi connectivity index (χ2n) is 6.62. The molecule has 2 aliphatic heterocycles. The zero-order chi connectivity index (χ0) is 17.6. The first-order valence-electron chi connectivity index (χ1n) is 8.82. The third-order valence-corrected chi connectivity index (χ3v) is 4.86. The van der Waals surface area contributed by atoms with Gasteiger partial charge in [0, 0.05) is 19.6 Å². The van der Waals surface area contributed by atoms with E-state index in [4.69, 9.17) is 4.74 Å². The number of unbranched alkanes of at least 4 members (excludes halogenated alkanes) is 2. The molecule has 7 nitrogen and oxygen atoms in total. The summed E-state index contributed by atoms with van der Waals surface area (Å²) in [6, 6.07) is -0.466. The third-order valence-electron chi connectivity index (χ3n) is 4.86. The molecule has 24 heavy (non-hydrogen) atoms. The molecule has 2 rings (SSSR count). The maximum Gasteiger partial charge on any atom is 0.419 e. The van der Waals surface area contributed by atoms with Gasteiger partial charge in [-0.25, -0.2) is 14.5 Å². The van der Waals surface area contributed by atoms with Crippen molar-refractivity contribution in [2.75, 3.05) is 26.2 Å². The normalized spacial score (nSPS) is 23.8. The van der Waals surface area contributed by atoms with Crippen LogP contribution < -0.4 is 5.32 Å². The summed E-state index contributed by atoms with van der Waals surface area (Å²) in [4.78, 5) is 27.2. The lowest BCUT2D eigenvalue weighted by molar-refractivity contribution is -0.0476. The molecule has 2 heterocycles. The van der Waals surface area contributed by atoms with Gasteiger partial charge in [-0.1, -0.05) is 32.3 Å². The van der Waals surface area contributed by atoms with Crippen LogP contribution in [0.15, 0.2) is 12.7 Å². The summed E-state index contributed by atoms with van der Waals surface area (Å²) >= 11 is 0. The molecule has 0 aliphatic carbocycles. The van der Waals surface area contributed by atoms with Crippen molar-refractivity contribution < 1.29 is 19.4 Å². The van der Waals surface area contributed by atoms with E-state index >= 15 is 0 Å². The first-order valence-corrected chi connectivity index (χ1v) is 8.82. The number of hydrogen-bond acceptors (Lipinski definition) is 5. The molecular formula is C17H29N3O4. The number of amides is 3. The summed E-state index contributed by atoms with van der Waals surface area (Å²) in [6.45, 7) is 7.46. The summed E-state index contributed by atoms with van der Waals surface area (Å²) in [5, 5.41) is 13.3. The topological polar surface area (TPSA) is 82.1 Å². The van der Waals surface area contributed by atoms with Crippen molar-refractivity contribution in [1.29, 1.82) is 0 Å². The zero-order valence-corrected chi connectivity index (χ0v) is 14.5. The second-order valence-corrected chi connectivity index (χ2v) is 6.62. The molecular weight excluding hydrogens is 310 g/mol. The molecule has 1 atom stereocenters. The number of carbonyl (C=O) groups excluding carboxylic acids is 2. The van der Waals surface area contributed by atoms with E-state index < -0.39 is 23.9 Å². The second kappa shape index (κ2) is 8.48. The van der Waals surface area contributed by atoms with Gasteiger partial charge in [-0.15, -0.1) is 6.58 Å². The number of imide groups is 1. The Bertz CT molecular complexity index is 461. The Morgan fingerprint density at radius 3 is 2.79 bits per heavy atom. The van der Waals surface area contributed by atoms with E-state index in [1.807, 2.05) is 4.90 Å². The van der Waals surface area contributed by atoms with E-state index in [0.717, 1.165) is 30.6 Å². The van der Waals surface area contributed by atoms with E-state index in [0.29, 0.717) is 32.5 Å². The summed E-state index contributed by atoms with van der Waals surface area (Å²) < 4.78 is 5.06. The van der Waals surface area contributed by atoms with Crippen LogP contribution in [-0.2, 0) is 4.74 Å². The van der Waals surface area contributed by atoms with Crippen LogP contribution in [0.3, 0.4) is 0 Å². The largest absolute Gasteiger partial charge is 0.445 e. The Morgan fingerprint density at radius 1 is 1.46 bits per heavy atom. The Hall–Kier alpha value is -1.60. The van der Waals surface area contributed by atoms with Crippen molar-refractivity contribution in [3.63, 3.8) is 0 Å². The quantitative estimate of drug-likeness (QED) is 0.548. The number of cyclic esters (lactones) is 1. The van der Waals surface area contributed by atoms with Crippen molar-refractivity contribution in [1.82, 2.24) is 15.1 Å². The van der Waals surface area contributed by atoms with E-state index in [1.165, 1.54) is 0 Å². The fraction of sp³-hybridized carbons (Fsp3) is 0.765. The molecule has 2 saturated heterocycles. The molecule has 0 aromatic rings. The lowest BCUT2D eigenvalue weighted by Gasteiger charge is -2.41. The number of nitrogens with one attached hydrogen (secondary N) is 1. The Balaban J connectivity index is 1.91. The molecule has 2 N–H and O–H groups in total. The highest BCUT2D eigenvalue weighted by molar-refractivity contribution is 5.92. The molecule has 0 spiro atoms. The monoisotopic (exact) mass is 339 g/mol. The number of likely N-dealkylation sites (tertiary alicyclic amines) is 1. The fourth-order valence-electron chi connectivity index (χ4n) is 3.34. The van der Waals surface area contributed by atoms with Crippen LogP contribution in [0, 0.1) is 0 Å². The first-order chi connectivity index (χ1) is 11.5. The van der Waals surface area contributed by atoms with E-state index in [9.17, 15) is 14.7 Å². The van der Waals surface area contributed by atoms with Gasteiger partial charge in [0.25, 0.3) is 0 Å². The number of carbonyl (C=O) groups is 2. The predicted molar refractivity (Wildman–Crippen MR) is 90.5 cm³/mol. The average molecular weight is 339 g/mol. The molecule has 0 radical (unpaired) electrons. The number of piperidine rings is 1. The fourth-order valence-corrected chi connectivity index (χ4v) is 3.34. The van der Waals surface area contributed by atoms with Crippen molar-refractivity contribution >= 4 is 12.1 Å². The number of hydrogen-bond donors (Lipinski definition) is 2. The minimum Gasteiger partial charge on any atom is -0.445 e. The molecule has 0 bridgehead atoms. The number of urea groups is 1. The number of rotatable bonds is 7. The highest BCUT2D eigenvalue weighted by Gasteiger charge is 2.44. The van der Waals surface area contributed by atoms with Crippen molar-refractivity contribution in [3.8, 4) is 0 Å². The van der Waals surface area contributed by atoms with Crippen LogP contribution in [0.2, 0.25) is 0 Å². The lowest BCUT2D eigenvalue weighted by atomic mass is 9.86. The minimum atomic E-state index is -0.620. The smallest absolute Gasteiger partial charge is 0.419 e. The lowest BCUT2D eigenvalue weighted by Crippen LogP contribution is -2.56. The summed E-state index contributed by atoms with van der Waals surface area (Å²) in [6.07, 6.45) is 5.98. The Labute approximate surface area is 143 Å². The number of nitrogens with zero attached hydrogens (tertiary/aromatic N) is 2. The average Bonchev–Trinajstić information content (AvgIpc) is 2.95. The zero-order valence-electron chi connectivity index (χ0n) is 14.5. The first kappa shape index (κ1) is 18.7. The van der Waals surface area contributed by atoms with Gasteiger partial charge in [-0.2, -0.15) is 0 Å². The van der Waals surface area contributed by atoms with Gasteiger partial charge in [0.2, 0.25) is 0 Å². The molecule has 1 unspecified atom stereocenters. The molecule has 0 saturated carbocycles. The van der Waals surface area contributed by atoms with Crippen molar-refractivity contribution in [2.45, 2.75) is 57.2 Å². The van der Waals surface area contributed by atoms with Crippen LogP contribution in [0.5, 0.6) is 0 Å². The molecule has 136 valence electrons.